The normalized spacial score (nSPS) is 24.1. The van der Waals surface area contributed by atoms with Crippen molar-refractivity contribution in [3.63, 3.8) is 0 Å². The standard InChI is InChI=1S/C20H23N3O5/c1-27-13-7-8-16(17(9-13)28-2)21-20(26)22-10-12(11-22)23-18(24)14-5-3-4-6-15(14)19(23)25/h3-4,7-9,12,14-15H,5-6,10-11H2,1-2H3,(H,21,26). The van der Waals surface area contributed by atoms with Crippen LogP contribution in [-0.4, -0.2) is 61.0 Å². The van der Waals surface area contributed by atoms with Gasteiger partial charge >= 0.3 is 6.03 Å². The molecule has 0 bridgehead atoms. The SMILES string of the molecule is COc1ccc(NC(=O)N2CC(N3C(=O)C4CC=CCC4C3=O)C2)c(OC)c1. The molecule has 0 spiro atoms. The van der Waals surface area contributed by atoms with Crippen LogP contribution in [-0.2, 0) is 9.59 Å². The molecule has 148 valence electrons. The molecule has 0 saturated carbocycles. The van der Waals surface area contributed by atoms with Crippen molar-refractivity contribution in [1.29, 1.82) is 0 Å². The van der Waals surface area contributed by atoms with Gasteiger partial charge in [0.05, 0.1) is 37.8 Å². The maximum Gasteiger partial charge on any atom is 0.322 e. The highest BCUT2D eigenvalue weighted by molar-refractivity contribution is 6.06. The van der Waals surface area contributed by atoms with E-state index in [9.17, 15) is 14.4 Å². The van der Waals surface area contributed by atoms with Gasteiger partial charge in [0, 0.05) is 19.2 Å². The summed E-state index contributed by atoms with van der Waals surface area (Å²) < 4.78 is 10.4. The van der Waals surface area contributed by atoms with Crippen LogP contribution in [0.2, 0.25) is 0 Å². The van der Waals surface area contributed by atoms with E-state index >= 15 is 0 Å². The first-order chi connectivity index (χ1) is 13.5. The number of allylic oxidation sites excluding steroid dienone is 2. The molecule has 2 aliphatic heterocycles. The lowest BCUT2D eigenvalue weighted by molar-refractivity contribution is -0.145. The monoisotopic (exact) mass is 385 g/mol. The first-order valence-electron chi connectivity index (χ1n) is 9.33. The van der Waals surface area contributed by atoms with Crippen molar-refractivity contribution in [3.05, 3.63) is 30.4 Å². The molecular formula is C20H23N3O5. The second-order valence-corrected chi connectivity index (χ2v) is 7.26. The van der Waals surface area contributed by atoms with Crippen molar-refractivity contribution in [1.82, 2.24) is 9.80 Å². The van der Waals surface area contributed by atoms with Crippen molar-refractivity contribution < 1.29 is 23.9 Å². The van der Waals surface area contributed by atoms with E-state index < -0.39 is 0 Å². The van der Waals surface area contributed by atoms with Crippen LogP contribution in [0.5, 0.6) is 11.5 Å². The molecule has 4 rings (SSSR count). The molecule has 0 aromatic heterocycles. The Labute approximate surface area is 163 Å². The highest BCUT2D eigenvalue weighted by Crippen LogP contribution is 2.37. The summed E-state index contributed by atoms with van der Waals surface area (Å²) in [6.45, 7) is 0.684. The lowest BCUT2D eigenvalue weighted by Gasteiger charge is -2.43. The minimum atomic E-state index is -0.294. The predicted octanol–water partition coefficient (Wildman–Crippen LogP) is 1.87. The smallest absolute Gasteiger partial charge is 0.322 e. The topological polar surface area (TPSA) is 88.2 Å². The average Bonchev–Trinajstić information content (AvgIpc) is 2.92. The number of carbonyl (C=O) groups excluding carboxylic acids is 3. The highest BCUT2D eigenvalue weighted by Gasteiger charge is 2.52. The first kappa shape index (κ1) is 18.3. The minimum absolute atomic E-state index is 0.0961. The summed E-state index contributed by atoms with van der Waals surface area (Å²) in [6.07, 6.45) is 5.19. The van der Waals surface area contributed by atoms with Gasteiger partial charge in [-0.25, -0.2) is 4.79 Å². The zero-order chi connectivity index (χ0) is 19.8. The fraction of sp³-hybridized carbons (Fsp3) is 0.450. The number of carbonyl (C=O) groups is 3. The molecule has 1 N–H and O–H groups in total. The van der Waals surface area contributed by atoms with Crippen LogP contribution < -0.4 is 14.8 Å². The third-order valence-corrected chi connectivity index (χ3v) is 5.71. The quantitative estimate of drug-likeness (QED) is 0.631. The minimum Gasteiger partial charge on any atom is -0.497 e. The number of hydrogen-bond acceptors (Lipinski definition) is 5. The van der Waals surface area contributed by atoms with Gasteiger partial charge in [-0.15, -0.1) is 0 Å². The summed E-state index contributed by atoms with van der Waals surface area (Å²) in [6, 6.07) is 4.59. The summed E-state index contributed by atoms with van der Waals surface area (Å²) in [5.41, 5.74) is 0.530. The van der Waals surface area contributed by atoms with Gasteiger partial charge in [0.2, 0.25) is 11.8 Å². The second-order valence-electron chi connectivity index (χ2n) is 7.26. The van der Waals surface area contributed by atoms with Crippen molar-refractivity contribution >= 4 is 23.5 Å². The number of ether oxygens (including phenoxy) is 2. The van der Waals surface area contributed by atoms with Gasteiger partial charge in [-0.2, -0.15) is 0 Å². The molecule has 8 nitrogen and oxygen atoms in total. The summed E-state index contributed by atoms with van der Waals surface area (Å²) >= 11 is 0. The second kappa shape index (κ2) is 7.18. The van der Waals surface area contributed by atoms with Crippen LogP contribution in [0, 0.1) is 11.8 Å². The van der Waals surface area contributed by atoms with Gasteiger partial charge in [0.25, 0.3) is 0 Å². The summed E-state index contributed by atoms with van der Waals surface area (Å²) in [5.74, 6) is 0.461. The number of anilines is 1. The molecule has 1 aromatic rings. The summed E-state index contributed by atoms with van der Waals surface area (Å²) in [4.78, 5) is 40.7. The summed E-state index contributed by atoms with van der Waals surface area (Å²) in [5, 5.41) is 2.81. The van der Waals surface area contributed by atoms with Crippen molar-refractivity contribution in [2.45, 2.75) is 18.9 Å². The number of nitrogens with one attached hydrogen (secondary N) is 1. The van der Waals surface area contributed by atoms with Gasteiger partial charge in [0.1, 0.15) is 11.5 Å². The van der Waals surface area contributed by atoms with E-state index in [4.69, 9.17) is 9.47 Å². The number of rotatable bonds is 4. The Hall–Kier alpha value is -3.03. The number of hydrogen-bond donors (Lipinski definition) is 1. The molecule has 2 fully saturated rings. The molecule has 0 radical (unpaired) electrons. The van der Waals surface area contributed by atoms with Crippen LogP contribution in [0.15, 0.2) is 30.4 Å². The average molecular weight is 385 g/mol. The van der Waals surface area contributed by atoms with E-state index in [2.05, 4.69) is 5.32 Å². The van der Waals surface area contributed by atoms with Gasteiger partial charge < -0.3 is 19.7 Å². The molecule has 4 amide bonds. The lowest BCUT2D eigenvalue weighted by atomic mass is 9.85. The zero-order valence-corrected chi connectivity index (χ0v) is 15.9. The maximum absolute atomic E-state index is 12.6. The molecule has 3 aliphatic rings. The molecule has 2 saturated heterocycles. The van der Waals surface area contributed by atoms with Crippen molar-refractivity contribution in [2.75, 3.05) is 32.6 Å². The molecule has 2 heterocycles. The van der Waals surface area contributed by atoms with Gasteiger partial charge in [-0.05, 0) is 25.0 Å². The van der Waals surface area contributed by atoms with Gasteiger partial charge in [-0.1, -0.05) is 12.2 Å². The van der Waals surface area contributed by atoms with E-state index in [0.29, 0.717) is 43.1 Å². The van der Waals surface area contributed by atoms with E-state index in [-0.39, 0.29) is 35.7 Å². The number of nitrogens with zero attached hydrogens (tertiary/aromatic N) is 2. The van der Waals surface area contributed by atoms with Crippen LogP contribution in [0.25, 0.3) is 0 Å². The van der Waals surface area contributed by atoms with Crippen molar-refractivity contribution in [3.8, 4) is 11.5 Å². The fourth-order valence-electron chi connectivity index (χ4n) is 4.07. The van der Waals surface area contributed by atoms with Crippen LogP contribution in [0.3, 0.4) is 0 Å². The Kier molecular flexibility index (Phi) is 4.70. The van der Waals surface area contributed by atoms with E-state index in [1.807, 2.05) is 12.2 Å². The number of imide groups is 1. The zero-order valence-electron chi connectivity index (χ0n) is 15.9. The number of methoxy groups -OCH3 is 2. The number of fused-ring (bicyclic) bond motifs is 1. The lowest BCUT2D eigenvalue weighted by Crippen LogP contribution is -2.63. The largest absolute Gasteiger partial charge is 0.497 e. The van der Waals surface area contributed by atoms with Crippen LogP contribution in [0.1, 0.15) is 12.8 Å². The number of amides is 4. The Morgan fingerprint density at radius 1 is 1.04 bits per heavy atom. The van der Waals surface area contributed by atoms with Crippen molar-refractivity contribution in [2.24, 2.45) is 11.8 Å². The van der Waals surface area contributed by atoms with E-state index in [0.717, 1.165) is 0 Å². The third-order valence-electron chi connectivity index (χ3n) is 5.71. The highest BCUT2D eigenvalue weighted by atomic mass is 16.5. The molecule has 1 aromatic carbocycles. The molecule has 2 unspecified atom stereocenters. The molecule has 2 atom stereocenters. The van der Waals surface area contributed by atoms with Crippen LogP contribution in [0.4, 0.5) is 10.5 Å². The molecular weight excluding hydrogens is 362 g/mol. The Bertz CT molecular complexity index is 820. The number of likely N-dealkylation sites (tertiary alicyclic amines) is 2. The fourth-order valence-corrected chi connectivity index (χ4v) is 4.07. The van der Waals surface area contributed by atoms with E-state index in [1.165, 1.54) is 12.0 Å². The molecule has 8 heteroatoms. The Morgan fingerprint density at radius 3 is 2.25 bits per heavy atom. The first-order valence-corrected chi connectivity index (χ1v) is 9.33. The predicted molar refractivity (Wildman–Crippen MR) is 101 cm³/mol. The third kappa shape index (κ3) is 2.98. The van der Waals surface area contributed by atoms with Gasteiger partial charge in [0.15, 0.2) is 0 Å². The van der Waals surface area contributed by atoms with Crippen LogP contribution >= 0.6 is 0 Å². The number of urea groups is 1. The Morgan fingerprint density at radius 2 is 1.68 bits per heavy atom. The summed E-state index contributed by atoms with van der Waals surface area (Å²) in [7, 11) is 3.07. The van der Waals surface area contributed by atoms with E-state index in [1.54, 1.807) is 30.2 Å². The maximum atomic E-state index is 12.6. The Balaban J connectivity index is 1.37. The molecule has 1 aliphatic carbocycles. The van der Waals surface area contributed by atoms with Gasteiger partial charge in [-0.3, -0.25) is 14.5 Å². The molecule has 28 heavy (non-hydrogen) atoms. The number of benzene rings is 1.